The molecule has 1 aromatic carbocycles. The van der Waals surface area contributed by atoms with Crippen LogP contribution in [0.1, 0.15) is 48.0 Å². The van der Waals surface area contributed by atoms with E-state index in [9.17, 15) is 14.4 Å². The molecule has 1 aliphatic rings. The molecule has 0 bridgehead atoms. The molecule has 1 unspecified atom stereocenters. The molecule has 0 saturated carbocycles. The highest BCUT2D eigenvalue weighted by Gasteiger charge is 2.24. The van der Waals surface area contributed by atoms with Crippen LogP contribution in [-0.2, 0) is 4.79 Å². The Labute approximate surface area is 219 Å². The van der Waals surface area contributed by atoms with Crippen LogP contribution in [0.4, 0.5) is 10.5 Å². The highest BCUT2D eigenvalue weighted by molar-refractivity contribution is 9.11. The number of hydrogen-bond donors (Lipinski definition) is 2. The summed E-state index contributed by atoms with van der Waals surface area (Å²) >= 11 is 4.63. The predicted molar refractivity (Wildman–Crippen MR) is 142 cm³/mol. The average molecular weight is 566 g/mol. The lowest BCUT2D eigenvalue weighted by atomic mass is 10.1. The van der Waals surface area contributed by atoms with E-state index in [0.29, 0.717) is 22.7 Å². The van der Waals surface area contributed by atoms with Crippen molar-refractivity contribution in [2.75, 3.05) is 39.0 Å². The molecule has 2 heterocycles. The van der Waals surface area contributed by atoms with Gasteiger partial charge in [-0.2, -0.15) is 0 Å². The van der Waals surface area contributed by atoms with E-state index in [1.807, 2.05) is 25.9 Å². The number of likely N-dealkylation sites (tertiary alicyclic amines) is 1. The molecule has 1 fully saturated rings. The van der Waals surface area contributed by atoms with Gasteiger partial charge in [0, 0.05) is 24.3 Å². The number of carbonyl (C=O) groups is 3. The van der Waals surface area contributed by atoms with E-state index in [0.717, 1.165) is 54.7 Å². The first-order chi connectivity index (χ1) is 16.7. The first-order valence-corrected chi connectivity index (χ1v) is 13.4. The number of carbonyl (C=O) groups excluding carboxylic acids is 3. The van der Waals surface area contributed by atoms with Gasteiger partial charge < -0.3 is 25.2 Å². The van der Waals surface area contributed by atoms with Crippen molar-refractivity contribution in [1.82, 2.24) is 15.1 Å². The van der Waals surface area contributed by atoms with Crippen molar-refractivity contribution in [3.63, 3.8) is 0 Å². The third-order valence-electron chi connectivity index (χ3n) is 5.82. The minimum absolute atomic E-state index is 0.0290. The van der Waals surface area contributed by atoms with Gasteiger partial charge in [0.1, 0.15) is 6.04 Å². The van der Waals surface area contributed by atoms with E-state index in [4.69, 9.17) is 4.74 Å². The van der Waals surface area contributed by atoms with E-state index < -0.39 is 12.1 Å². The molecule has 3 amide bonds. The van der Waals surface area contributed by atoms with Gasteiger partial charge in [-0.05, 0) is 111 Å². The normalized spacial score (nSPS) is 14.1. The van der Waals surface area contributed by atoms with Crippen LogP contribution in [0.5, 0.6) is 5.06 Å². The van der Waals surface area contributed by atoms with E-state index in [1.165, 1.54) is 11.3 Å². The van der Waals surface area contributed by atoms with Crippen molar-refractivity contribution in [2.45, 2.75) is 45.1 Å². The van der Waals surface area contributed by atoms with Gasteiger partial charge in [0.25, 0.3) is 5.91 Å². The zero-order valence-electron chi connectivity index (χ0n) is 20.4. The van der Waals surface area contributed by atoms with Crippen LogP contribution in [0, 0.1) is 6.92 Å². The monoisotopic (exact) mass is 564 g/mol. The summed E-state index contributed by atoms with van der Waals surface area (Å²) in [6, 6.07) is 8.02. The number of unbranched alkanes of at least 4 members (excludes halogenated alkanes) is 1. The average Bonchev–Trinajstić information content (AvgIpc) is 3.47. The lowest BCUT2D eigenvalue weighted by Gasteiger charge is -2.20. The smallest absolute Gasteiger partial charge is 0.399 e. The van der Waals surface area contributed by atoms with Gasteiger partial charge >= 0.3 is 6.09 Å². The Hall–Kier alpha value is -2.43. The third-order valence-corrected chi connectivity index (χ3v) is 7.32. The van der Waals surface area contributed by atoms with Gasteiger partial charge in [-0.3, -0.25) is 9.59 Å². The van der Waals surface area contributed by atoms with Crippen LogP contribution in [-0.4, -0.2) is 67.5 Å². The Bertz CT molecular complexity index is 1040. The lowest BCUT2D eigenvalue weighted by molar-refractivity contribution is -0.118. The summed E-state index contributed by atoms with van der Waals surface area (Å²) in [6.45, 7) is 4.34. The zero-order valence-corrected chi connectivity index (χ0v) is 22.8. The van der Waals surface area contributed by atoms with Crippen molar-refractivity contribution in [2.24, 2.45) is 0 Å². The Morgan fingerprint density at radius 3 is 2.51 bits per heavy atom. The number of aryl methyl sites for hydroxylation is 1. The van der Waals surface area contributed by atoms with Crippen molar-refractivity contribution < 1.29 is 19.1 Å². The molecular formula is C25H33BrN4O4S. The van der Waals surface area contributed by atoms with E-state index >= 15 is 0 Å². The van der Waals surface area contributed by atoms with Gasteiger partial charge in [0.05, 0.1) is 3.79 Å². The fraction of sp³-hybridized carbons (Fsp3) is 0.480. The molecule has 1 atom stereocenters. The number of thiophene rings is 1. The first kappa shape index (κ1) is 27.2. The van der Waals surface area contributed by atoms with Crippen LogP contribution < -0.4 is 15.4 Å². The van der Waals surface area contributed by atoms with Crippen molar-refractivity contribution in [3.05, 3.63) is 45.2 Å². The fourth-order valence-electron chi connectivity index (χ4n) is 3.96. The Morgan fingerprint density at radius 1 is 1.14 bits per heavy atom. The Balaban J connectivity index is 1.64. The molecule has 1 aromatic heterocycles. The molecule has 0 radical (unpaired) electrons. The topological polar surface area (TPSA) is 91.0 Å². The van der Waals surface area contributed by atoms with Crippen LogP contribution in [0.25, 0.3) is 0 Å². The first-order valence-electron chi connectivity index (χ1n) is 11.8. The summed E-state index contributed by atoms with van der Waals surface area (Å²) in [5.74, 6) is -0.293. The fourth-order valence-corrected chi connectivity index (χ4v) is 5.15. The molecule has 10 heteroatoms. The standard InChI is InChI=1S/C25H33BrN4O4S/c1-17-16-18(9-10-19(17)24(32)30-14-6-7-15-30)27-23(31)20(8-4-5-13-29(2)3)28-25(33)34-22-12-11-21(26)35-22/h9-12,16,20H,4-8,13-15H2,1-3H3,(H,27,31)(H,28,33). The molecular weight excluding hydrogens is 532 g/mol. The summed E-state index contributed by atoms with van der Waals surface area (Å²) in [4.78, 5) is 42.3. The van der Waals surface area contributed by atoms with Crippen molar-refractivity contribution in [3.8, 4) is 5.06 Å². The lowest BCUT2D eigenvalue weighted by Crippen LogP contribution is -2.45. The second kappa shape index (κ2) is 13.0. The van der Waals surface area contributed by atoms with E-state index in [-0.39, 0.29) is 11.8 Å². The number of rotatable bonds is 10. The highest BCUT2D eigenvalue weighted by Crippen LogP contribution is 2.28. The van der Waals surface area contributed by atoms with E-state index in [1.54, 1.807) is 30.3 Å². The number of halogens is 1. The number of nitrogens with one attached hydrogen (secondary N) is 2. The number of hydrogen-bond acceptors (Lipinski definition) is 6. The molecule has 3 rings (SSSR count). The summed E-state index contributed by atoms with van der Waals surface area (Å²) in [7, 11) is 4.00. The van der Waals surface area contributed by atoms with Crippen LogP contribution in [0.2, 0.25) is 0 Å². The quantitative estimate of drug-likeness (QED) is 0.401. The maximum atomic E-state index is 13.1. The summed E-state index contributed by atoms with van der Waals surface area (Å²) in [6.07, 6.45) is 3.55. The maximum absolute atomic E-state index is 13.1. The summed E-state index contributed by atoms with van der Waals surface area (Å²) in [5, 5.41) is 6.04. The van der Waals surface area contributed by atoms with Crippen molar-refractivity contribution >= 4 is 50.9 Å². The molecule has 8 nitrogen and oxygen atoms in total. The SMILES string of the molecule is Cc1cc(NC(=O)C(CCCCN(C)C)NC(=O)Oc2ccc(Br)s2)ccc1C(=O)N1CCCC1. The van der Waals surface area contributed by atoms with Crippen molar-refractivity contribution in [1.29, 1.82) is 0 Å². The number of ether oxygens (including phenoxy) is 1. The molecule has 1 saturated heterocycles. The molecule has 35 heavy (non-hydrogen) atoms. The molecule has 2 N–H and O–H groups in total. The van der Waals surface area contributed by atoms with Gasteiger partial charge in [0.2, 0.25) is 5.91 Å². The minimum atomic E-state index is -0.751. The largest absolute Gasteiger partial charge is 0.414 e. The summed E-state index contributed by atoms with van der Waals surface area (Å²) < 4.78 is 6.18. The number of anilines is 1. The van der Waals surface area contributed by atoms with Gasteiger partial charge in [-0.15, -0.1) is 0 Å². The zero-order chi connectivity index (χ0) is 25.4. The minimum Gasteiger partial charge on any atom is -0.399 e. The van der Waals surface area contributed by atoms with Gasteiger partial charge in [-0.1, -0.05) is 11.3 Å². The van der Waals surface area contributed by atoms with Crippen LogP contribution in [0.15, 0.2) is 34.1 Å². The van der Waals surface area contributed by atoms with Gasteiger partial charge in [0.15, 0.2) is 5.06 Å². The molecule has 190 valence electrons. The molecule has 1 aliphatic heterocycles. The molecule has 2 aromatic rings. The molecule has 0 spiro atoms. The molecule has 0 aliphatic carbocycles. The highest BCUT2D eigenvalue weighted by atomic mass is 79.9. The van der Waals surface area contributed by atoms with Crippen LogP contribution in [0.3, 0.4) is 0 Å². The second-order valence-electron chi connectivity index (χ2n) is 8.96. The number of benzene rings is 1. The maximum Gasteiger partial charge on any atom is 0.414 e. The third kappa shape index (κ3) is 8.33. The Morgan fingerprint density at radius 2 is 1.89 bits per heavy atom. The Kier molecular flexibility index (Phi) is 10.1. The predicted octanol–water partition coefficient (Wildman–Crippen LogP) is 4.88. The number of nitrogens with zero attached hydrogens (tertiary/aromatic N) is 2. The van der Waals surface area contributed by atoms with E-state index in [2.05, 4.69) is 31.5 Å². The number of amides is 3. The second-order valence-corrected chi connectivity index (χ2v) is 11.4. The summed E-state index contributed by atoms with van der Waals surface area (Å²) in [5.41, 5.74) is 2.04. The van der Waals surface area contributed by atoms with Gasteiger partial charge in [-0.25, -0.2) is 4.79 Å². The van der Waals surface area contributed by atoms with Crippen LogP contribution >= 0.6 is 27.3 Å².